The molecule has 0 fully saturated rings. The molecule has 0 N–H and O–H groups in total. The molecule has 0 aliphatic rings. The van der Waals surface area contributed by atoms with Crippen molar-refractivity contribution in [1.29, 1.82) is 0 Å². The molecule has 1 nitrogen and oxygen atoms in total. The lowest BCUT2D eigenvalue weighted by atomic mass is 10.4. The molecule has 0 amide bonds. The van der Waals surface area contributed by atoms with Crippen molar-refractivity contribution in [2.75, 3.05) is 5.88 Å². The number of rotatable bonds is 6. The topological polar surface area (TPSA) is 12.4 Å². The standard InChI is InChI=1S/C16H28NPS/c1-13(2)18(14(3)4,15(5)6)17-12-19-16-10-8-7-9-11-16/h7-11,13-15H,12H2,1-6H3. The van der Waals surface area contributed by atoms with Crippen LogP contribution in [-0.2, 0) is 0 Å². The lowest BCUT2D eigenvalue weighted by molar-refractivity contribution is 0.920. The maximum atomic E-state index is 5.22. The van der Waals surface area contributed by atoms with E-state index < -0.39 is 7.05 Å². The van der Waals surface area contributed by atoms with Crippen LogP contribution < -0.4 is 0 Å². The smallest absolute Gasteiger partial charge is 0.0875 e. The normalized spacial score (nSPS) is 12.5. The molecule has 1 aromatic carbocycles. The van der Waals surface area contributed by atoms with Crippen molar-refractivity contribution >= 4 is 18.8 Å². The first-order chi connectivity index (χ1) is 8.91. The number of thioether (sulfide) groups is 1. The van der Waals surface area contributed by atoms with Crippen molar-refractivity contribution < 1.29 is 0 Å². The zero-order valence-corrected chi connectivity index (χ0v) is 14.8. The highest BCUT2D eigenvalue weighted by molar-refractivity contribution is 7.99. The zero-order chi connectivity index (χ0) is 14.5. The summed E-state index contributed by atoms with van der Waals surface area (Å²) in [5.41, 5.74) is 2.05. The van der Waals surface area contributed by atoms with Gasteiger partial charge in [-0.3, -0.25) is 4.74 Å². The van der Waals surface area contributed by atoms with Gasteiger partial charge < -0.3 is 0 Å². The van der Waals surface area contributed by atoms with E-state index in [1.807, 2.05) is 11.8 Å². The van der Waals surface area contributed by atoms with E-state index in [9.17, 15) is 0 Å². The molecule has 0 saturated carbocycles. The van der Waals surface area contributed by atoms with Crippen LogP contribution in [0.15, 0.2) is 40.0 Å². The van der Waals surface area contributed by atoms with Gasteiger partial charge in [0.05, 0.1) is 5.88 Å². The summed E-state index contributed by atoms with van der Waals surface area (Å²) in [5.74, 6) is 0.895. The summed E-state index contributed by atoms with van der Waals surface area (Å²) in [6.45, 7) is 14.1. The van der Waals surface area contributed by atoms with E-state index in [2.05, 4.69) is 71.9 Å². The van der Waals surface area contributed by atoms with Crippen LogP contribution in [-0.4, -0.2) is 22.9 Å². The number of benzene rings is 1. The van der Waals surface area contributed by atoms with Crippen LogP contribution in [0.5, 0.6) is 0 Å². The first-order valence-electron chi connectivity index (χ1n) is 7.16. The van der Waals surface area contributed by atoms with Crippen LogP contribution in [0, 0.1) is 0 Å². The van der Waals surface area contributed by atoms with Gasteiger partial charge >= 0.3 is 0 Å². The number of nitrogens with zero attached hydrogens (tertiary/aromatic N) is 1. The molecular weight excluding hydrogens is 269 g/mol. The summed E-state index contributed by atoms with van der Waals surface area (Å²) in [4.78, 5) is 1.32. The molecule has 0 heterocycles. The van der Waals surface area contributed by atoms with Crippen LogP contribution in [0.25, 0.3) is 0 Å². The molecule has 0 aliphatic carbocycles. The summed E-state index contributed by atoms with van der Waals surface area (Å²) >= 11 is 1.86. The van der Waals surface area contributed by atoms with Crippen molar-refractivity contribution in [2.24, 2.45) is 4.74 Å². The molecular formula is C16H28NPS. The Kier molecular flexibility index (Phi) is 6.69. The second-order valence-corrected chi connectivity index (χ2v) is 11.8. The SMILES string of the molecule is CC(C)P(=NCSc1ccccc1)(C(C)C)C(C)C. The average molecular weight is 297 g/mol. The van der Waals surface area contributed by atoms with Crippen LogP contribution in [0.1, 0.15) is 41.5 Å². The zero-order valence-electron chi connectivity index (χ0n) is 13.1. The Hall–Kier alpha value is -0.200. The summed E-state index contributed by atoms with van der Waals surface area (Å²) in [7, 11) is -1.24. The van der Waals surface area contributed by atoms with E-state index in [1.165, 1.54) is 4.90 Å². The fraction of sp³-hybridized carbons (Fsp3) is 0.625. The van der Waals surface area contributed by atoms with Crippen LogP contribution >= 0.6 is 18.8 Å². The van der Waals surface area contributed by atoms with Gasteiger partial charge in [-0.1, -0.05) is 59.7 Å². The fourth-order valence-electron chi connectivity index (χ4n) is 3.00. The van der Waals surface area contributed by atoms with Gasteiger partial charge in [0.2, 0.25) is 0 Å². The molecule has 0 aliphatic heterocycles. The highest BCUT2D eigenvalue weighted by Crippen LogP contribution is 2.62. The van der Waals surface area contributed by atoms with E-state index >= 15 is 0 Å². The minimum absolute atomic E-state index is 0.684. The van der Waals surface area contributed by atoms with Gasteiger partial charge in [-0.2, -0.15) is 0 Å². The van der Waals surface area contributed by atoms with Gasteiger partial charge in [0.25, 0.3) is 0 Å². The molecule has 1 aromatic rings. The van der Waals surface area contributed by atoms with Gasteiger partial charge in [0.15, 0.2) is 0 Å². The Balaban J connectivity index is 2.90. The maximum Gasteiger partial charge on any atom is 0.0875 e. The first-order valence-corrected chi connectivity index (χ1v) is 10.1. The molecule has 108 valence electrons. The molecule has 0 radical (unpaired) electrons. The predicted octanol–water partition coefficient (Wildman–Crippen LogP) is 6.16. The van der Waals surface area contributed by atoms with Crippen molar-refractivity contribution in [2.45, 2.75) is 63.4 Å². The lowest BCUT2D eigenvalue weighted by Crippen LogP contribution is -2.17. The summed E-state index contributed by atoms with van der Waals surface area (Å²) in [6, 6.07) is 10.6. The Labute approximate surface area is 123 Å². The van der Waals surface area contributed by atoms with Crippen LogP contribution in [0.4, 0.5) is 0 Å². The second kappa shape index (κ2) is 7.55. The Morgan fingerprint density at radius 1 is 0.895 bits per heavy atom. The maximum absolute atomic E-state index is 5.22. The first kappa shape index (κ1) is 16.9. The monoisotopic (exact) mass is 297 g/mol. The Morgan fingerprint density at radius 2 is 1.37 bits per heavy atom. The third-order valence-electron chi connectivity index (χ3n) is 3.76. The van der Waals surface area contributed by atoms with Crippen molar-refractivity contribution in [3.63, 3.8) is 0 Å². The predicted molar refractivity (Wildman–Crippen MR) is 91.9 cm³/mol. The summed E-state index contributed by atoms with van der Waals surface area (Å²) < 4.78 is 5.22. The molecule has 3 heteroatoms. The van der Waals surface area contributed by atoms with Gasteiger partial charge in [-0.15, -0.1) is 11.8 Å². The average Bonchev–Trinajstić information content (AvgIpc) is 2.34. The van der Waals surface area contributed by atoms with Crippen molar-refractivity contribution in [3.8, 4) is 0 Å². The quantitative estimate of drug-likeness (QED) is 0.452. The number of hydrogen-bond donors (Lipinski definition) is 0. The van der Waals surface area contributed by atoms with Gasteiger partial charge in [0.1, 0.15) is 0 Å². The van der Waals surface area contributed by atoms with E-state index in [-0.39, 0.29) is 0 Å². The lowest BCUT2D eigenvalue weighted by Gasteiger charge is -2.36. The van der Waals surface area contributed by atoms with E-state index in [0.29, 0.717) is 17.0 Å². The minimum Gasteiger partial charge on any atom is -0.291 e. The van der Waals surface area contributed by atoms with Crippen molar-refractivity contribution in [3.05, 3.63) is 30.3 Å². The third-order valence-corrected chi connectivity index (χ3v) is 10.4. The van der Waals surface area contributed by atoms with Gasteiger partial charge in [0, 0.05) is 4.90 Å². The second-order valence-electron chi connectivity index (χ2n) is 5.80. The summed E-state index contributed by atoms with van der Waals surface area (Å²) in [6.07, 6.45) is 0. The molecule has 0 spiro atoms. The van der Waals surface area contributed by atoms with Crippen LogP contribution in [0.3, 0.4) is 0 Å². The van der Waals surface area contributed by atoms with E-state index in [0.717, 1.165) is 5.88 Å². The van der Waals surface area contributed by atoms with Crippen molar-refractivity contribution in [1.82, 2.24) is 0 Å². The summed E-state index contributed by atoms with van der Waals surface area (Å²) in [5, 5.41) is 0. The van der Waals surface area contributed by atoms with Gasteiger partial charge in [-0.25, -0.2) is 0 Å². The largest absolute Gasteiger partial charge is 0.291 e. The molecule has 0 bridgehead atoms. The number of hydrogen-bond acceptors (Lipinski definition) is 2. The molecule has 0 atom stereocenters. The molecule has 0 aromatic heterocycles. The highest BCUT2D eigenvalue weighted by Gasteiger charge is 2.30. The third kappa shape index (κ3) is 4.13. The minimum atomic E-state index is -1.24. The highest BCUT2D eigenvalue weighted by atomic mass is 32.2. The Morgan fingerprint density at radius 3 is 1.79 bits per heavy atom. The Bertz CT molecular complexity index is 395. The molecule has 19 heavy (non-hydrogen) atoms. The fourth-order valence-corrected chi connectivity index (χ4v) is 9.09. The van der Waals surface area contributed by atoms with E-state index in [1.54, 1.807) is 0 Å². The van der Waals surface area contributed by atoms with Gasteiger partial charge in [-0.05, 0) is 36.2 Å². The molecule has 0 unspecified atom stereocenters. The van der Waals surface area contributed by atoms with Crippen LogP contribution in [0.2, 0.25) is 0 Å². The molecule has 1 rings (SSSR count). The molecule has 0 saturated heterocycles. The van der Waals surface area contributed by atoms with E-state index in [4.69, 9.17) is 4.74 Å².